The molecule has 1 heterocycles. The van der Waals surface area contributed by atoms with E-state index in [-0.39, 0.29) is 28.5 Å². The van der Waals surface area contributed by atoms with Crippen molar-refractivity contribution in [3.8, 4) is 0 Å². The van der Waals surface area contributed by atoms with Crippen LogP contribution in [0, 0.1) is 12.7 Å². The summed E-state index contributed by atoms with van der Waals surface area (Å²) < 4.78 is 53.1. The lowest BCUT2D eigenvalue weighted by molar-refractivity contribution is -0.0324. The van der Waals surface area contributed by atoms with Crippen LogP contribution in [0.1, 0.15) is 38.7 Å². The Balaban J connectivity index is 2.51. The smallest absolute Gasteiger partial charge is 0.372 e. The van der Waals surface area contributed by atoms with Gasteiger partial charge >= 0.3 is 5.51 Å². The van der Waals surface area contributed by atoms with Gasteiger partial charge in [0.05, 0.1) is 11.7 Å². The molecule has 154 valence electrons. The van der Waals surface area contributed by atoms with Gasteiger partial charge in [-0.15, -0.1) is 9.24 Å². The Labute approximate surface area is 170 Å². The maximum Gasteiger partial charge on any atom is 0.446 e. The monoisotopic (exact) mass is 432 g/mol. The van der Waals surface area contributed by atoms with Crippen molar-refractivity contribution >= 4 is 37.7 Å². The zero-order chi connectivity index (χ0) is 21.1. The predicted molar refractivity (Wildman–Crippen MR) is 114 cm³/mol. The van der Waals surface area contributed by atoms with Crippen LogP contribution in [0.2, 0.25) is 0 Å². The number of alkyl halides is 3. The van der Waals surface area contributed by atoms with Gasteiger partial charge in [0.1, 0.15) is 5.82 Å². The highest BCUT2D eigenvalue weighted by molar-refractivity contribution is 8.03. The Morgan fingerprint density at radius 2 is 1.96 bits per heavy atom. The number of halogens is 4. The molecule has 1 aliphatic heterocycles. The van der Waals surface area contributed by atoms with E-state index in [1.54, 1.807) is 24.1 Å². The van der Waals surface area contributed by atoms with Crippen LogP contribution in [-0.2, 0) is 0 Å². The van der Waals surface area contributed by atoms with Gasteiger partial charge in [-0.25, -0.2) is 4.39 Å². The maximum absolute atomic E-state index is 14.0. The first-order valence-electron chi connectivity index (χ1n) is 9.10. The van der Waals surface area contributed by atoms with E-state index in [0.717, 1.165) is 12.0 Å². The lowest BCUT2D eigenvalue weighted by atomic mass is 10.0. The number of rotatable bonds is 6. The van der Waals surface area contributed by atoms with E-state index in [1.165, 1.54) is 6.07 Å². The van der Waals surface area contributed by atoms with E-state index >= 15 is 0 Å². The van der Waals surface area contributed by atoms with Crippen molar-refractivity contribution in [1.82, 2.24) is 4.90 Å². The van der Waals surface area contributed by atoms with Gasteiger partial charge in [0.2, 0.25) is 0 Å². The van der Waals surface area contributed by atoms with E-state index in [9.17, 15) is 17.6 Å². The molecule has 2 unspecified atom stereocenters. The standard InChI is InChI=1S/C20H25F4N2PS/c1-5-7-15(25-16-10-14(21)18(27)8-12(16)3)13-9-19(28-20(22,23)24)17(6-2)26(4)11-13/h8-11,17H,5-7,27H2,1-4H3/b25-15+. The fourth-order valence-corrected chi connectivity index (χ4v) is 4.39. The zero-order valence-electron chi connectivity index (χ0n) is 16.4. The van der Waals surface area contributed by atoms with Gasteiger partial charge in [-0.05, 0) is 49.2 Å². The molecule has 0 amide bonds. The summed E-state index contributed by atoms with van der Waals surface area (Å²) in [5, 5.41) is 0.458. The fraction of sp³-hybridized carbons (Fsp3) is 0.450. The van der Waals surface area contributed by atoms with Crippen LogP contribution >= 0.6 is 21.0 Å². The van der Waals surface area contributed by atoms with Crippen LogP contribution in [0.3, 0.4) is 0 Å². The average molecular weight is 432 g/mol. The number of likely N-dealkylation sites (N-methyl/N-ethyl adjacent to an activating group) is 1. The van der Waals surface area contributed by atoms with Crippen LogP contribution in [0.15, 0.2) is 39.9 Å². The van der Waals surface area contributed by atoms with Gasteiger partial charge in [-0.2, -0.15) is 13.2 Å². The minimum Gasteiger partial charge on any atom is -0.372 e. The van der Waals surface area contributed by atoms with Gasteiger partial charge in [0.25, 0.3) is 0 Å². The van der Waals surface area contributed by atoms with Crippen LogP contribution in [0.25, 0.3) is 0 Å². The number of allylic oxidation sites excluding steroid dienone is 2. The van der Waals surface area contributed by atoms with Crippen molar-refractivity contribution in [1.29, 1.82) is 0 Å². The van der Waals surface area contributed by atoms with E-state index < -0.39 is 5.51 Å². The van der Waals surface area contributed by atoms with Crippen molar-refractivity contribution in [2.75, 3.05) is 7.05 Å². The van der Waals surface area contributed by atoms with E-state index in [0.29, 0.717) is 35.1 Å². The van der Waals surface area contributed by atoms with Crippen LogP contribution < -0.4 is 5.30 Å². The van der Waals surface area contributed by atoms with E-state index in [4.69, 9.17) is 0 Å². The van der Waals surface area contributed by atoms with Crippen LogP contribution in [0.4, 0.5) is 23.2 Å². The highest BCUT2D eigenvalue weighted by Gasteiger charge is 2.35. The summed E-state index contributed by atoms with van der Waals surface area (Å²) in [6.45, 7) is 5.68. The van der Waals surface area contributed by atoms with E-state index in [2.05, 4.69) is 14.2 Å². The largest absolute Gasteiger partial charge is 0.446 e. The molecule has 1 aliphatic rings. The molecule has 0 radical (unpaired) electrons. The normalized spacial score (nSPS) is 18.2. The highest BCUT2D eigenvalue weighted by atomic mass is 32.2. The van der Waals surface area contributed by atoms with Gasteiger partial charge in [0.15, 0.2) is 0 Å². The number of nitrogens with zero attached hydrogens (tertiary/aromatic N) is 2. The number of thioether (sulfide) groups is 1. The first kappa shape index (κ1) is 23.0. The third-order valence-electron chi connectivity index (χ3n) is 4.47. The topological polar surface area (TPSA) is 15.6 Å². The first-order chi connectivity index (χ1) is 13.1. The minimum absolute atomic E-state index is 0.0719. The summed E-state index contributed by atoms with van der Waals surface area (Å²) in [6, 6.07) is 2.73. The molecule has 0 aromatic heterocycles. The average Bonchev–Trinajstić information content (AvgIpc) is 2.57. The molecule has 1 aromatic rings. The van der Waals surface area contributed by atoms with Gasteiger partial charge in [-0.3, -0.25) is 4.99 Å². The third kappa shape index (κ3) is 5.84. The molecular formula is C20H25F4N2PS. The lowest BCUT2D eigenvalue weighted by Crippen LogP contribution is -2.32. The van der Waals surface area contributed by atoms with Crippen molar-refractivity contribution in [3.05, 3.63) is 46.3 Å². The van der Waals surface area contributed by atoms with Crippen LogP contribution in [0.5, 0.6) is 0 Å². The Morgan fingerprint density at radius 3 is 2.54 bits per heavy atom. The zero-order valence-corrected chi connectivity index (χ0v) is 18.4. The number of aryl methyl sites for hydroxylation is 1. The van der Waals surface area contributed by atoms with Gasteiger partial charge in [-0.1, -0.05) is 20.3 Å². The molecule has 2 nitrogen and oxygen atoms in total. The molecule has 0 spiro atoms. The summed E-state index contributed by atoms with van der Waals surface area (Å²) in [5.74, 6) is -0.380. The molecule has 0 bridgehead atoms. The predicted octanol–water partition coefficient (Wildman–Crippen LogP) is 6.25. The summed E-state index contributed by atoms with van der Waals surface area (Å²) in [7, 11) is 4.11. The molecule has 0 N–H and O–H groups in total. The molecule has 0 saturated heterocycles. The van der Waals surface area contributed by atoms with E-state index in [1.807, 2.05) is 27.0 Å². The molecule has 0 saturated carbocycles. The molecule has 0 fully saturated rings. The molecule has 1 aromatic carbocycles. The summed E-state index contributed by atoms with van der Waals surface area (Å²) in [5.41, 5.74) is -1.76. The molecule has 2 atom stereocenters. The van der Waals surface area contributed by atoms with Crippen molar-refractivity contribution in [2.24, 2.45) is 4.99 Å². The van der Waals surface area contributed by atoms with Crippen molar-refractivity contribution < 1.29 is 17.6 Å². The lowest BCUT2D eigenvalue weighted by Gasteiger charge is -2.33. The Kier molecular flexibility index (Phi) is 7.74. The minimum atomic E-state index is -4.35. The van der Waals surface area contributed by atoms with Crippen molar-refractivity contribution in [3.63, 3.8) is 0 Å². The third-order valence-corrected chi connectivity index (χ3v) is 5.77. The number of hydrogen-bond acceptors (Lipinski definition) is 3. The molecule has 28 heavy (non-hydrogen) atoms. The van der Waals surface area contributed by atoms with Crippen LogP contribution in [-0.4, -0.2) is 29.2 Å². The number of hydrogen-bond donors (Lipinski definition) is 0. The SMILES string of the molecule is CCC/C(=N\c1cc(F)c(P)cc1C)C1=CN(C)C(CC)C(SC(F)(F)F)=C1. The maximum atomic E-state index is 14.0. The number of aliphatic imine (C=N–C) groups is 1. The second kappa shape index (κ2) is 9.45. The molecule has 8 heteroatoms. The fourth-order valence-electron chi connectivity index (χ4n) is 3.14. The number of benzene rings is 1. The summed E-state index contributed by atoms with van der Waals surface area (Å²) in [4.78, 5) is 6.68. The second-order valence-electron chi connectivity index (χ2n) is 6.74. The Morgan fingerprint density at radius 1 is 1.29 bits per heavy atom. The quantitative estimate of drug-likeness (QED) is 0.300. The summed E-state index contributed by atoms with van der Waals surface area (Å²) in [6.07, 6.45) is 5.33. The molecule has 0 aliphatic carbocycles. The second-order valence-corrected chi connectivity index (χ2v) is 8.50. The van der Waals surface area contributed by atoms with Gasteiger partial charge < -0.3 is 4.90 Å². The molecule has 2 rings (SSSR count). The van der Waals surface area contributed by atoms with Crippen molar-refractivity contribution in [2.45, 2.75) is 51.6 Å². The molecular weight excluding hydrogens is 407 g/mol. The van der Waals surface area contributed by atoms with Gasteiger partial charge in [0, 0.05) is 40.8 Å². The first-order valence-corrected chi connectivity index (χ1v) is 10.5. The Bertz CT molecular complexity index is 815. The summed E-state index contributed by atoms with van der Waals surface area (Å²) >= 11 is -0.0719. The highest BCUT2D eigenvalue weighted by Crippen LogP contribution is 2.42. The Hall–Kier alpha value is -1.33.